The molecule has 5 nitrogen and oxygen atoms in total. The molecule has 2 aromatic carbocycles. The van der Waals surface area contributed by atoms with Gasteiger partial charge in [-0.1, -0.05) is 42.0 Å². The molecule has 0 saturated carbocycles. The summed E-state index contributed by atoms with van der Waals surface area (Å²) >= 11 is 0. The van der Waals surface area contributed by atoms with Crippen molar-refractivity contribution in [2.75, 3.05) is 20.1 Å². The highest BCUT2D eigenvalue weighted by Crippen LogP contribution is 2.29. The maximum absolute atomic E-state index is 13.5. The van der Waals surface area contributed by atoms with Crippen LogP contribution in [0.1, 0.15) is 34.3 Å². The van der Waals surface area contributed by atoms with Gasteiger partial charge < -0.3 is 10.2 Å². The average molecular weight is 389 g/mol. The van der Waals surface area contributed by atoms with Crippen LogP contribution < -0.4 is 5.32 Å². The monoisotopic (exact) mass is 388 g/mol. The van der Waals surface area contributed by atoms with Crippen LogP contribution in [0.2, 0.25) is 0 Å². The minimum absolute atomic E-state index is 0.0664. The number of benzene rings is 2. The number of piperidine rings is 1. The van der Waals surface area contributed by atoms with Gasteiger partial charge in [0, 0.05) is 30.9 Å². The van der Waals surface area contributed by atoms with E-state index in [1.54, 1.807) is 0 Å². The second-order valence-corrected chi connectivity index (χ2v) is 7.85. The molecule has 1 saturated heterocycles. The molecule has 0 unspecified atom stereocenters. The van der Waals surface area contributed by atoms with Crippen LogP contribution in [-0.4, -0.2) is 46.8 Å². The van der Waals surface area contributed by atoms with Crippen molar-refractivity contribution >= 4 is 5.91 Å². The highest BCUT2D eigenvalue weighted by atomic mass is 16.2. The van der Waals surface area contributed by atoms with Crippen molar-refractivity contribution in [3.05, 3.63) is 71.4 Å². The van der Waals surface area contributed by atoms with Crippen LogP contribution in [-0.2, 0) is 0 Å². The fraction of sp³-hybridized carbons (Fsp3) is 0.333. The van der Waals surface area contributed by atoms with E-state index in [9.17, 15) is 4.79 Å². The van der Waals surface area contributed by atoms with Gasteiger partial charge in [-0.05, 0) is 51.4 Å². The van der Waals surface area contributed by atoms with E-state index in [1.807, 2.05) is 53.2 Å². The van der Waals surface area contributed by atoms with Crippen molar-refractivity contribution in [2.45, 2.75) is 32.7 Å². The topological polar surface area (TPSA) is 50.2 Å². The number of nitrogens with one attached hydrogen (secondary N) is 1. The molecule has 0 aliphatic carbocycles. The zero-order chi connectivity index (χ0) is 20.4. The molecular weight excluding hydrogens is 360 g/mol. The molecule has 1 aliphatic rings. The Bertz CT molecular complexity index is 1000. The van der Waals surface area contributed by atoms with Crippen molar-refractivity contribution < 1.29 is 4.79 Å². The second kappa shape index (κ2) is 8.21. The van der Waals surface area contributed by atoms with E-state index in [2.05, 4.69) is 37.4 Å². The Morgan fingerprint density at radius 3 is 2.45 bits per heavy atom. The molecule has 1 fully saturated rings. The van der Waals surface area contributed by atoms with Crippen LogP contribution in [0.15, 0.2) is 54.7 Å². The first kappa shape index (κ1) is 19.4. The van der Waals surface area contributed by atoms with Gasteiger partial charge in [0.15, 0.2) is 0 Å². The number of likely N-dealkylation sites (tertiary alicyclic amines) is 1. The van der Waals surface area contributed by atoms with E-state index >= 15 is 0 Å². The van der Waals surface area contributed by atoms with Gasteiger partial charge in [-0.3, -0.25) is 4.79 Å². The number of carbonyl (C=O) groups is 1. The van der Waals surface area contributed by atoms with Crippen molar-refractivity contribution in [3.63, 3.8) is 0 Å². The predicted molar refractivity (Wildman–Crippen MR) is 116 cm³/mol. The summed E-state index contributed by atoms with van der Waals surface area (Å²) in [4.78, 5) is 15.4. The summed E-state index contributed by atoms with van der Waals surface area (Å²) in [6.45, 7) is 5.70. The zero-order valence-electron chi connectivity index (χ0n) is 17.4. The van der Waals surface area contributed by atoms with Crippen molar-refractivity contribution in [1.29, 1.82) is 0 Å². The Morgan fingerprint density at radius 2 is 1.79 bits per heavy atom. The van der Waals surface area contributed by atoms with Gasteiger partial charge in [-0.25, -0.2) is 4.68 Å². The first-order valence-electron chi connectivity index (χ1n) is 10.3. The van der Waals surface area contributed by atoms with E-state index in [0.29, 0.717) is 11.6 Å². The number of nitrogens with zero attached hydrogens (tertiary/aromatic N) is 3. The third-order valence-electron chi connectivity index (χ3n) is 5.79. The van der Waals surface area contributed by atoms with Gasteiger partial charge in [0.05, 0.1) is 11.3 Å². The largest absolute Gasteiger partial charge is 0.338 e. The number of hydrogen-bond donors (Lipinski definition) is 1. The highest BCUT2D eigenvalue weighted by molar-refractivity contribution is 6.00. The van der Waals surface area contributed by atoms with Crippen LogP contribution in [0, 0.1) is 13.8 Å². The number of aromatic nitrogens is 2. The summed E-state index contributed by atoms with van der Waals surface area (Å²) in [7, 11) is 1.99. The molecule has 29 heavy (non-hydrogen) atoms. The summed E-state index contributed by atoms with van der Waals surface area (Å²) in [5.41, 5.74) is 5.73. The Morgan fingerprint density at radius 1 is 1.07 bits per heavy atom. The third-order valence-corrected chi connectivity index (χ3v) is 5.79. The van der Waals surface area contributed by atoms with Crippen molar-refractivity contribution in [3.8, 4) is 16.9 Å². The smallest absolute Gasteiger partial charge is 0.257 e. The third kappa shape index (κ3) is 3.96. The molecule has 1 N–H and O–H groups in total. The maximum atomic E-state index is 13.5. The fourth-order valence-corrected chi connectivity index (χ4v) is 4.06. The van der Waals surface area contributed by atoms with Crippen LogP contribution >= 0.6 is 0 Å². The normalized spacial score (nSPS) is 14.9. The first-order valence-corrected chi connectivity index (χ1v) is 10.3. The van der Waals surface area contributed by atoms with Crippen molar-refractivity contribution in [1.82, 2.24) is 20.0 Å². The van der Waals surface area contributed by atoms with Gasteiger partial charge in [0.1, 0.15) is 5.69 Å². The number of rotatable bonds is 4. The summed E-state index contributed by atoms with van der Waals surface area (Å²) in [6, 6.07) is 16.7. The van der Waals surface area contributed by atoms with Crippen LogP contribution in [0.4, 0.5) is 0 Å². The number of aryl methyl sites for hydroxylation is 2. The van der Waals surface area contributed by atoms with Gasteiger partial charge in [0.25, 0.3) is 5.91 Å². The minimum atomic E-state index is 0.0664. The first-order chi connectivity index (χ1) is 14.1. The number of para-hydroxylation sites is 1. The Labute approximate surface area is 172 Å². The molecule has 5 heteroatoms. The molecule has 4 rings (SSSR count). The Balaban J connectivity index is 1.75. The molecule has 1 aromatic heterocycles. The van der Waals surface area contributed by atoms with E-state index in [0.717, 1.165) is 48.4 Å². The lowest BCUT2D eigenvalue weighted by Gasteiger charge is -2.31. The lowest BCUT2D eigenvalue weighted by atomic mass is 9.99. The molecule has 1 amide bonds. The van der Waals surface area contributed by atoms with Crippen LogP contribution in [0.25, 0.3) is 16.9 Å². The Kier molecular flexibility index (Phi) is 5.49. The summed E-state index contributed by atoms with van der Waals surface area (Å²) in [5, 5.41) is 8.17. The van der Waals surface area contributed by atoms with Gasteiger partial charge in [-0.15, -0.1) is 0 Å². The van der Waals surface area contributed by atoms with E-state index in [4.69, 9.17) is 5.10 Å². The van der Waals surface area contributed by atoms with Crippen molar-refractivity contribution in [2.24, 2.45) is 0 Å². The quantitative estimate of drug-likeness (QED) is 0.735. The zero-order valence-corrected chi connectivity index (χ0v) is 17.4. The van der Waals surface area contributed by atoms with E-state index in [-0.39, 0.29) is 5.91 Å². The number of hydrogen-bond acceptors (Lipinski definition) is 3. The lowest BCUT2D eigenvalue weighted by Crippen LogP contribution is -2.44. The number of amides is 1. The average Bonchev–Trinajstić information content (AvgIpc) is 3.19. The summed E-state index contributed by atoms with van der Waals surface area (Å²) in [5.74, 6) is 0.0664. The van der Waals surface area contributed by atoms with E-state index < -0.39 is 0 Å². The Hall–Kier alpha value is -2.92. The fourth-order valence-electron chi connectivity index (χ4n) is 4.06. The SMILES string of the molecule is CNC1CCN(C(=O)c2cn(-c3ccccc3)nc2-c2ccc(C)cc2C)CC1. The standard InChI is InChI=1S/C24H28N4O/c1-17-9-10-21(18(2)15-17)23-22(16-28(26-23)20-7-5-4-6-8-20)24(29)27-13-11-19(25-3)12-14-27/h4-10,15-16,19,25H,11-14H2,1-3H3. The lowest BCUT2D eigenvalue weighted by molar-refractivity contribution is 0.0708. The minimum Gasteiger partial charge on any atom is -0.338 e. The molecule has 0 bridgehead atoms. The molecule has 2 heterocycles. The maximum Gasteiger partial charge on any atom is 0.257 e. The summed E-state index contributed by atoms with van der Waals surface area (Å²) < 4.78 is 1.82. The molecule has 3 aromatic rings. The molecular formula is C24H28N4O. The number of carbonyl (C=O) groups excluding carboxylic acids is 1. The van der Waals surface area contributed by atoms with E-state index in [1.165, 1.54) is 5.56 Å². The molecule has 0 atom stereocenters. The molecule has 150 valence electrons. The van der Waals surface area contributed by atoms with Crippen LogP contribution in [0.3, 0.4) is 0 Å². The highest BCUT2D eigenvalue weighted by Gasteiger charge is 2.27. The van der Waals surface area contributed by atoms with Gasteiger partial charge in [0.2, 0.25) is 0 Å². The molecule has 0 radical (unpaired) electrons. The summed E-state index contributed by atoms with van der Waals surface area (Å²) in [6.07, 6.45) is 3.85. The second-order valence-electron chi connectivity index (χ2n) is 7.85. The molecule has 0 spiro atoms. The van der Waals surface area contributed by atoms with Gasteiger partial charge in [-0.2, -0.15) is 5.10 Å². The molecule has 1 aliphatic heterocycles. The van der Waals surface area contributed by atoms with Gasteiger partial charge >= 0.3 is 0 Å². The predicted octanol–water partition coefficient (Wildman–Crippen LogP) is 3.98. The van der Waals surface area contributed by atoms with Crippen LogP contribution in [0.5, 0.6) is 0 Å².